The fraction of sp³-hybridized carbons (Fsp3) is 0.833. The average Bonchev–Trinajstić information content (AvgIpc) is 2.64. The van der Waals surface area contributed by atoms with Crippen LogP contribution < -0.4 is 11.3 Å². The van der Waals surface area contributed by atoms with Crippen LogP contribution in [0.25, 0.3) is 0 Å². The van der Waals surface area contributed by atoms with E-state index in [9.17, 15) is 0 Å². The van der Waals surface area contributed by atoms with Crippen molar-refractivity contribution in [2.75, 3.05) is 6.61 Å². The van der Waals surface area contributed by atoms with Crippen LogP contribution in [0.5, 0.6) is 0 Å². The highest BCUT2D eigenvalue weighted by Gasteiger charge is 2.40. The normalized spacial score (nSPS) is 21.3. The summed E-state index contributed by atoms with van der Waals surface area (Å²) in [6, 6.07) is 0.143. The van der Waals surface area contributed by atoms with Gasteiger partial charge in [0.15, 0.2) is 0 Å². The van der Waals surface area contributed by atoms with Gasteiger partial charge in [-0.2, -0.15) is 0 Å². The summed E-state index contributed by atoms with van der Waals surface area (Å²) in [5.74, 6) is 5.64. The predicted molar refractivity (Wildman–Crippen MR) is 63.4 cm³/mol. The van der Waals surface area contributed by atoms with Gasteiger partial charge in [-0.1, -0.05) is 24.5 Å². The standard InChI is InChI=1S/C12H24N2O/c1-4-15-12(7-5-6-8-12)11(14-13)9-10(2)3/h9,11,14H,4-8,13H2,1-3H3. The molecule has 0 amide bonds. The highest BCUT2D eigenvalue weighted by molar-refractivity contribution is 5.10. The van der Waals surface area contributed by atoms with Gasteiger partial charge in [0.25, 0.3) is 0 Å². The second-order valence-electron chi connectivity index (χ2n) is 4.59. The molecule has 1 saturated carbocycles. The smallest absolute Gasteiger partial charge is 0.0883 e. The lowest BCUT2D eigenvalue weighted by atomic mass is 9.91. The quantitative estimate of drug-likeness (QED) is 0.417. The molecule has 0 aromatic carbocycles. The highest BCUT2D eigenvalue weighted by atomic mass is 16.5. The number of hydrazine groups is 1. The third-order valence-electron chi connectivity index (χ3n) is 3.13. The van der Waals surface area contributed by atoms with Crippen LogP contribution in [0.3, 0.4) is 0 Å². The van der Waals surface area contributed by atoms with Crippen molar-refractivity contribution in [2.45, 2.75) is 58.1 Å². The van der Waals surface area contributed by atoms with E-state index in [1.54, 1.807) is 0 Å². The van der Waals surface area contributed by atoms with E-state index >= 15 is 0 Å². The van der Waals surface area contributed by atoms with Gasteiger partial charge in [0.1, 0.15) is 0 Å². The molecule has 1 unspecified atom stereocenters. The van der Waals surface area contributed by atoms with E-state index < -0.39 is 0 Å². The SMILES string of the molecule is CCOC1(C(C=C(C)C)NN)CCCC1. The van der Waals surface area contributed by atoms with Gasteiger partial charge >= 0.3 is 0 Å². The van der Waals surface area contributed by atoms with Crippen LogP contribution in [0, 0.1) is 0 Å². The topological polar surface area (TPSA) is 47.3 Å². The Labute approximate surface area is 93.0 Å². The maximum absolute atomic E-state index is 5.96. The molecule has 1 fully saturated rings. The lowest BCUT2D eigenvalue weighted by Crippen LogP contribution is -2.52. The van der Waals surface area contributed by atoms with E-state index in [0.717, 1.165) is 19.4 Å². The third-order valence-corrected chi connectivity index (χ3v) is 3.13. The zero-order valence-corrected chi connectivity index (χ0v) is 10.2. The van der Waals surface area contributed by atoms with Crippen LogP contribution in [-0.4, -0.2) is 18.2 Å². The molecule has 0 spiro atoms. The summed E-state index contributed by atoms with van der Waals surface area (Å²) < 4.78 is 5.96. The average molecular weight is 212 g/mol. The Balaban J connectivity index is 2.80. The molecule has 0 aliphatic heterocycles. The third kappa shape index (κ3) is 3.03. The number of nitrogens with one attached hydrogen (secondary N) is 1. The molecular weight excluding hydrogens is 188 g/mol. The van der Waals surface area contributed by atoms with Crippen molar-refractivity contribution in [3.8, 4) is 0 Å². The first-order valence-electron chi connectivity index (χ1n) is 5.90. The monoisotopic (exact) mass is 212 g/mol. The molecule has 0 saturated heterocycles. The minimum absolute atomic E-state index is 0.0687. The fourth-order valence-electron chi connectivity index (χ4n) is 2.49. The molecule has 1 rings (SSSR count). The maximum Gasteiger partial charge on any atom is 0.0883 e. The van der Waals surface area contributed by atoms with E-state index in [2.05, 4.69) is 32.3 Å². The number of ether oxygens (including phenoxy) is 1. The summed E-state index contributed by atoms with van der Waals surface area (Å²) in [7, 11) is 0. The van der Waals surface area contributed by atoms with E-state index in [1.807, 2.05) is 0 Å². The zero-order valence-electron chi connectivity index (χ0n) is 10.2. The van der Waals surface area contributed by atoms with Crippen LogP contribution >= 0.6 is 0 Å². The molecule has 3 heteroatoms. The van der Waals surface area contributed by atoms with E-state index in [4.69, 9.17) is 10.6 Å². The number of hydrogen-bond donors (Lipinski definition) is 2. The molecule has 0 radical (unpaired) electrons. The lowest BCUT2D eigenvalue weighted by Gasteiger charge is -2.35. The second-order valence-corrected chi connectivity index (χ2v) is 4.59. The largest absolute Gasteiger partial charge is 0.373 e. The molecule has 3 nitrogen and oxygen atoms in total. The van der Waals surface area contributed by atoms with Gasteiger partial charge in [0, 0.05) is 6.61 Å². The fourth-order valence-corrected chi connectivity index (χ4v) is 2.49. The van der Waals surface area contributed by atoms with Gasteiger partial charge in [-0.3, -0.25) is 11.3 Å². The molecule has 0 bridgehead atoms. The summed E-state index contributed by atoms with van der Waals surface area (Å²) in [4.78, 5) is 0. The van der Waals surface area contributed by atoms with Gasteiger partial charge in [-0.25, -0.2) is 0 Å². The molecule has 88 valence electrons. The Kier molecular flexibility index (Phi) is 4.77. The molecule has 15 heavy (non-hydrogen) atoms. The first-order valence-corrected chi connectivity index (χ1v) is 5.90. The molecule has 0 aromatic rings. The summed E-state index contributed by atoms with van der Waals surface area (Å²) in [5.41, 5.74) is 4.11. The van der Waals surface area contributed by atoms with Crippen LogP contribution in [0.2, 0.25) is 0 Å². The molecule has 3 N–H and O–H groups in total. The Morgan fingerprint density at radius 1 is 1.47 bits per heavy atom. The molecule has 0 heterocycles. The van der Waals surface area contributed by atoms with Crippen LogP contribution in [0.15, 0.2) is 11.6 Å². The Morgan fingerprint density at radius 3 is 2.47 bits per heavy atom. The van der Waals surface area contributed by atoms with Gasteiger partial charge in [-0.05, 0) is 33.6 Å². The Hall–Kier alpha value is -0.380. The van der Waals surface area contributed by atoms with E-state index in [1.165, 1.54) is 18.4 Å². The first-order chi connectivity index (χ1) is 7.14. The van der Waals surface area contributed by atoms with Crippen molar-refractivity contribution in [2.24, 2.45) is 5.84 Å². The van der Waals surface area contributed by atoms with Crippen LogP contribution in [0.1, 0.15) is 46.5 Å². The lowest BCUT2D eigenvalue weighted by molar-refractivity contribution is -0.0505. The number of nitrogens with two attached hydrogens (primary N) is 1. The molecule has 0 aromatic heterocycles. The van der Waals surface area contributed by atoms with Gasteiger partial charge in [0.05, 0.1) is 11.6 Å². The zero-order chi connectivity index (χ0) is 11.3. The summed E-state index contributed by atoms with van der Waals surface area (Å²) in [5, 5.41) is 0. The number of rotatable bonds is 5. The van der Waals surface area contributed by atoms with Gasteiger partial charge < -0.3 is 4.74 Å². The predicted octanol–water partition coefficient (Wildman–Crippen LogP) is 2.13. The number of allylic oxidation sites excluding steroid dienone is 1. The maximum atomic E-state index is 5.96. The molecule has 1 aliphatic rings. The highest BCUT2D eigenvalue weighted by Crippen LogP contribution is 2.36. The van der Waals surface area contributed by atoms with Crippen molar-refractivity contribution in [3.63, 3.8) is 0 Å². The van der Waals surface area contributed by atoms with E-state index in [-0.39, 0.29) is 11.6 Å². The number of hydrogen-bond acceptors (Lipinski definition) is 3. The summed E-state index contributed by atoms with van der Waals surface area (Å²) >= 11 is 0. The first kappa shape index (κ1) is 12.7. The summed E-state index contributed by atoms with van der Waals surface area (Å²) in [6.45, 7) is 7.00. The van der Waals surface area contributed by atoms with Gasteiger partial charge in [-0.15, -0.1) is 0 Å². The molecular formula is C12H24N2O. The summed E-state index contributed by atoms with van der Waals surface area (Å²) in [6.07, 6.45) is 6.89. The van der Waals surface area contributed by atoms with Gasteiger partial charge in [0.2, 0.25) is 0 Å². The van der Waals surface area contributed by atoms with Crippen LogP contribution in [-0.2, 0) is 4.74 Å². The Bertz CT molecular complexity index is 216. The van der Waals surface area contributed by atoms with Crippen molar-refractivity contribution in [3.05, 3.63) is 11.6 Å². The van der Waals surface area contributed by atoms with Crippen molar-refractivity contribution in [1.29, 1.82) is 0 Å². The van der Waals surface area contributed by atoms with Crippen molar-refractivity contribution >= 4 is 0 Å². The van der Waals surface area contributed by atoms with Crippen molar-refractivity contribution < 1.29 is 4.74 Å². The van der Waals surface area contributed by atoms with Crippen molar-refractivity contribution in [1.82, 2.24) is 5.43 Å². The molecule has 1 aliphatic carbocycles. The molecule has 1 atom stereocenters. The Morgan fingerprint density at radius 2 is 2.07 bits per heavy atom. The minimum Gasteiger partial charge on any atom is -0.373 e. The second kappa shape index (κ2) is 5.64. The van der Waals surface area contributed by atoms with E-state index in [0.29, 0.717) is 0 Å². The minimum atomic E-state index is -0.0687. The van der Waals surface area contributed by atoms with Crippen LogP contribution in [0.4, 0.5) is 0 Å².